The van der Waals surface area contributed by atoms with E-state index in [-0.39, 0.29) is 10.7 Å². The summed E-state index contributed by atoms with van der Waals surface area (Å²) in [4.78, 5) is 14.5. The van der Waals surface area contributed by atoms with E-state index in [4.69, 9.17) is 9.47 Å². The summed E-state index contributed by atoms with van der Waals surface area (Å²) >= 11 is 2.00. The van der Waals surface area contributed by atoms with Crippen LogP contribution in [-0.4, -0.2) is 64.9 Å². The third kappa shape index (κ3) is 3.24. The normalized spacial score (nSPS) is 26.7. The van der Waals surface area contributed by atoms with E-state index in [0.29, 0.717) is 12.0 Å². The lowest BCUT2D eigenvalue weighted by atomic mass is 9.92. The van der Waals surface area contributed by atoms with Crippen LogP contribution in [0.25, 0.3) is 0 Å². The fourth-order valence-corrected chi connectivity index (χ4v) is 5.50. The van der Waals surface area contributed by atoms with Gasteiger partial charge in [0.15, 0.2) is 0 Å². The molecular formula is C18H26N2O3S. The van der Waals surface area contributed by atoms with Crippen molar-refractivity contribution in [3.05, 3.63) is 24.0 Å². The fraction of sp³-hybridized carbons (Fsp3) is 0.722. The van der Waals surface area contributed by atoms with E-state index in [0.717, 1.165) is 63.6 Å². The Balaban J connectivity index is 1.24. The lowest BCUT2D eigenvalue weighted by Crippen LogP contribution is -2.61. The van der Waals surface area contributed by atoms with Crippen LogP contribution in [0.4, 0.5) is 0 Å². The maximum Gasteiger partial charge on any atom is 0.270 e. The largest absolute Gasteiger partial charge is 0.381 e. The third-order valence-corrected chi connectivity index (χ3v) is 7.07. The topological polar surface area (TPSA) is 43.7 Å². The first-order valence-electron chi connectivity index (χ1n) is 8.89. The van der Waals surface area contributed by atoms with Crippen molar-refractivity contribution in [2.75, 3.05) is 38.7 Å². The first kappa shape index (κ1) is 16.5. The minimum atomic E-state index is 0.153. The second-order valence-electron chi connectivity index (χ2n) is 7.37. The van der Waals surface area contributed by atoms with E-state index in [1.807, 2.05) is 46.6 Å². The molecule has 1 unspecified atom stereocenters. The molecule has 4 rings (SSSR count). The van der Waals surface area contributed by atoms with Gasteiger partial charge < -0.3 is 18.9 Å². The molecule has 1 aromatic heterocycles. The van der Waals surface area contributed by atoms with Gasteiger partial charge in [0.2, 0.25) is 0 Å². The highest BCUT2D eigenvalue weighted by molar-refractivity contribution is 8.01. The number of nitrogens with zero attached hydrogens (tertiary/aromatic N) is 2. The Bertz CT molecular complexity index is 591. The first-order chi connectivity index (χ1) is 11.7. The van der Waals surface area contributed by atoms with Gasteiger partial charge in [-0.05, 0) is 37.3 Å². The molecule has 6 heteroatoms. The van der Waals surface area contributed by atoms with Crippen LogP contribution in [0.15, 0.2) is 18.3 Å². The molecule has 1 spiro atoms. The zero-order chi connectivity index (χ0) is 16.6. The van der Waals surface area contributed by atoms with Gasteiger partial charge in [-0.1, -0.05) is 0 Å². The Kier molecular flexibility index (Phi) is 4.62. The van der Waals surface area contributed by atoms with Crippen LogP contribution in [0.3, 0.4) is 0 Å². The average Bonchev–Trinajstić information content (AvgIpc) is 3.18. The summed E-state index contributed by atoms with van der Waals surface area (Å²) in [5.74, 6) is 1.88. The van der Waals surface area contributed by atoms with Gasteiger partial charge in [0.25, 0.3) is 5.91 Å². The Morgan fingerprint density at radius 1 is 1.42 bits per heavy atom. The van der Waals surface area contributed by atoms with E-state index in [9.17, 15) is 4.79 Å². The third-order valence-electron chi connectivity index (χ3n) is 5.49. The molecule has 3 fully saturated rings. The maximum absolute atomic E-state index is 12.5. The van der Waals surface area contributed by atoms with Crippen molar-refractivity contribution in [1.29, 1.82) is 0 Å². The number of rotatable bonds is 4. The highest BCUT2D eigenvalue weighted by atomic mass is 32.2. The summed E-state index contributed by atoms with van der Waals surface area (Å²) in [7, 11) is 1.92. The second-order valence-corrected chi connectivity index (χ2v) is 8.86. The monoisotopic (exact) mass is 350 g/mol. The number of carbonyl (C=O) groups is 1. The molecule has 1 amide bonds. The Morgan fingerprint density at radius 3 is 2.92 bits per heavy atom. The van der Waals surface area contributed by atoms with Gasteiger partial charge in [-0.25, -0.2) is 0 Å². The van der Waals surface area contributed by atoms with E-state index in [1.165, 1.54) is 0 Å². The summed E-state index contributed by atoms with van der Waals surface area (Å²) in [6.07, 6.45) is 5.61. The van der Waals surface area contributed by atoms with Gasteiger partial charge in [0.05, 0.1) is 10.9 Å². The summed E-state index contributed by atoms with van der Waals surface area (Å²) in [5.41, 5.74) is 0.778. The molecule has 3 aliphatic rings. The van der Waals surface area contributed by atoms with Gasteiger partial charge in [0.1, 0.15) is 5.69 Å². The van der Waals surface area contributed by atoms with E-state index >= 15 is 0 Å². The zero-order valence-electron chi connectivity index (χ0n) is 14.3. The second kappa shape index (κ2) is 6.73. The van der Waals surface area contributed by atoms with Crippen LogP contribution in [0.5, 0.6) is 0 Å². The maximum atomic E-state index is 12.5. The molecule has 132 valence electrons. The fourth-order valence-electron chi connectivity index (χ4n) is 3.95. The number of thioether (sulfide) groups is 1. The Morgan fingerprint density at radius 2 is 2.21 bits per heavy atom. The molecule has 0 N–H and O–H groups in total. The highest BCUT2D eigenvalue weighted by Gasteiger charge is 2.51. The summed E-state index contributed by atoms with van der Waals surface area (Å²) < 4.78 is 13.7. The van der Waals surface area contributed by atoms with Crippen molar-refractivity contribution in [3.63, 3.8) is 0 Å². The van der Waals surface area contributed by atoms with Crippen molar-refractivity contribution < 1.29 is 14.3 Å². The van der Waals surface area contributed by atoms with Crippen molar-refractivity contribution in [2.24, 2.45) is 13.0 Å². The Hall–Kier alpha value is -0.980. The molecule has 1 aromatic rings. The molecule has 0 bridgehead atoms. The zero-order valence-corrected chi connectivity index (χ0v) is 15.1. The number of hydrogen-bond acceptors (Lipinski definition) is 4. The summed E-state index contributed by atoms with van der Waals surface area (Å²) in [5, 5.41) is 0. The number of amides is 1. The number of ether oxygens (including phenoxy) is 2. The lowest BCUT2D eigenvalue weighted by Gasteiger charge is -2.47. The minimum absolute atomic E-state index is 0.153. The molecular weight excluding hydrogens is 324 g/mol. The van der Waals surface area contributed by atoms with Crippen molar-refractivity contribution >= 4 is 17.7 Å². The predicted octanol–water partition coefficient (Wildman–Crippen LogP) is 2.17. The molecule has 4 heterocycles. The average molecular weight is 350 g/mol. The molecule has 1 atom stereocenters. The van der Waals surface area contributed by atoms with Crippen LogP contribution in [-0.2, 0) is 16.5 Å². The first-order valence-corrected chi connectivity index (χ1v) is 9.88. The van der Waals surface area contributed by atoms with Crippen LogP contribution in [0.1, 0.15) is 29.8 Å². The van der Waals surface area contributed by atoms with E-state index in [2.05, 4.69) is 0 Å². The molecule has 3 saturated heterocycles. The van der Waals surface area contributed by atoms with Crippen molar-refractivity contribution in [1.82, 2.24) is 9.47 Å². The summed E-state index contributed by atoms with van der Waals surface area (Å²) in [6, 6.07) is 3.82. The number of hydrogen-bond donors (Lipinski definition) is 0. The van der Waals surface area contributed by atoms with Gasteiger partial charge in [-0.2, -0.15) is 0 Å². The molecule has 5 nitrogen and oxygen atoms in total. The quantitative estimate of drug-likeness (QED) is 0.835. The molecule has 0 aliphatic carbocycles. The van der Waals surface area contributed by atoms with Crippen LogP contribution in [0, 0.1) is 5.92 Å². The highest BCUT2D eigenvalue weighted by Crippen LogP contribution is 2.46. The van der Waals surface area contributed by atoms with E-state index < -0.39 is 0 Å². The summed E-state index contributed by atoms with van der Waals surface area (Å²) in [6.45, 7) is 4.36. The van der Waals surface area contributed by atoms with Crippen molar-refractivity contribution in [2.45, 2.75) is 30.1 Å². The predicted molar refractivity (Wildman–Crippen MR) is 94.4 cm³/mol. The van der Waals surface area contributed by atoms with Gasteiger partial charge in [0, 0.05) is 51.9 Å². The standard InChI is InChI=1S/C18H26N2O3S/c1-19-6-2-3-16(19)17(21)20-12-18(13-20)9-15(11-24-18)23-10-14-4-7-22-8-5-14/h2-3,6,14-15H,4-5,7-13H2,1H3. The molecule has 0 radical (unpaired) electrons. The number of aryl methyl sites for hydroxylation is 1. The van der Waals surface area contributed by atoms with Crippen LogP contribution >= 0.6 is 11.8 Å². The van der Waals surface area contributed by atoms with Crippen LogP contribution in [0.2, 0.25) is 0 Å². The SMILES string of the molecule is Cn1cccc1C(=O)N1CC2(CC(OCC3CCOCC3)CS2)C1. The smallest absolute Gasteiger partial charge is 0.270 e. The molecule has 0 saturated carbocycles. The minimum Gasteiger partial charge on any atom is -0.381 e. The van der Waals surface area contributed by atoms with E-state index in [1.54, 1.807) is 0 Å². The van der Waals surface area contributed by atoms with Crippen molar-refractivity contribution in [3.8, 4) is 0 Å². The molecule has 0 aromatic carbocycles. The Labute approximate surface area is 147 Å². The molecule has 3 aliphatic heterocycles. The lowest BCUT2D eigenvalue weighted by molar-refractivity contribution is -0.0119. The van der Waals surface area contributed by atoms with Crippen LogP contribution < -0.4 is 0 Å². The van der Waals surface area contributed by atoms with Gasteiger partial charge in [-0.15, -0.1) is 11.8 Å². The molecule has 24 heavy (non-hydrogen) atoms. The number of carbonyl (C=O) groups excluding carboxylic acids is 1. The number of likely N-dealkylation sites (tertiary alicyclic amines) is 1. The number of aromatic nitrogens is 1. The van der Waals surface area contributed by atoms with Gasteiger partial charge in [-0.3, -0.25) is 4.79 Å². The van der Waals surface area contributed by atoms with Gasteiger partial charge >= 0.3 is 0 Å².